The molecule has 0 saturated carbocycles. The molecule has 0 heterocycles. The molecule has 1 amide bonds. The first-order chi connectivity index (χ1) is 9.19. The van der Waals surface area contributed by atoms with Crippen molar-refractivity contribution in [3.63, 3.8) is 0 Å². The number of nitrogens with two attached hydrogens (primary N) is 1. The molecule has 1 atom stereocenters. The predicted molar refractivity (Wildman–Crippen MR) is 78.4 cm³/mol. The topological polar surface area (TPSA) is 55.1 Å². The molecule has 0 bridgehead atoms. The Morgan fingerprint density at radius 3 is 2.10 bits per heavy atom. The van der Waals surface area contributed by atoms with Crippen molar-refractivity contribution in [2.24, 2.45) is 5.73 Å². The van der Waals surface area contributed by atoms with Gasteiger partial charge in [-0.1, -0.05) is 38.1 Å². The average Bonchev–Trinajstić information content (AvgIpc) is 2.34. The molecule has 1 aromatic carbocycles. The van der Waals surface area contributed by atoms with E-state index in [1.54, 1.807) is 0 Å². The third kappa shape index (κ3) is 7.34. The number of amides is 1. The van der Waals surface area contributed by atoms with Crippen molar-refractivity contribution in [1.29, 1.82) is 0 Å². The minimum atomic E-state index is -4.49. The molecule has 7 heteroatoms. The van der Waals surface area contributed by atoms with Gasteiger partial charge in [0.05, 0.1) is 0 Å². The first-order valence-corrected chi connectivity index (χ1v) is 6.38. The molecule has 0 saturated heterocycles. The quantitative estimate of drug-likeness (QED) is 0.873. The lowest BCUT2D eigenvalue weighted by atomic mass is 9.99. The number of rotatable bonds is 5. The molecule has 21 heavy (non-hydrogen) atoms. The zero-order valence-corrected chi connectivity index (χ0v) is 12.7. The van der Waals surface area contributed by atoms with Crippen LogP contribution in [-0.4, -0.2) is 18.6 Å². The van der Waals surface area contributed by atoms with Crippen LogP contribution in [0.4, 0.5) is 13.2 Å². The van der Waals surface area contributed by atoms with Crippen molar-refractivity contribution in [3.05, 3.63) is 35.4 Å². The Morgan fingerprint density at radius 2 is 1.67 bits per heavy atom. The molecule has 0 aliphatic rings. The van der Waals surface area contributed by atoms with Crippen LogP contribution in [0.3, 0.4) is 0 Å². The highest BCUT2D eigenvalue weighted by Gasteiger charge is 2.31. The molecule has 120 valence electrons. The highest BCUT2D eigenvalue weighted by Crippen LogP contribution is 2.20. The predicted octanol–water partition coefficient (Wildman–Crippen LogP) is 3.30. The van der Waals surface area contributed by atoms with Gasteiger partial charge in [-0.3, -0.25) is 4.79 Å². The van der Waals surface area contributed by atoms with E-state index in [0.29, 0.717) is 5.92 Å². The van der Waals surface area contributed by atoms with Crippen molar-refractivity contribution >= 4 is 18.3 Å². The van der Waals surface area contributed by atoms with Crippen LogP contribution in [-0.2, 0) is 4.79 Å². The molecule has 0 fully saturated rings. The van der Waals surface area contributed by atoms with Gasteiger partial charge in [0.15, 0.2) is 0 Å². The van der Waals surface area contributed by atoms with Crippen molar-refractivity contribution in [1.82, 2.24) is 5.32 Å². The zero-order valence-electron chi connectivity index (χ0n) is 11.9. The van der Waals surface area contributed by atoms with Crippen LogP contribution < -0.4 is 11.1 Å². The normalized spacial score (nSPS) is 12.7. The van der Waals surface area contributed by atoms with Gasteiger partial charge in [0.25, 0.3) is 0 Å². The molecule has 0 aliphatic carbocycles. The Balaban J connectivity index is 0.00000400. The molecule has 1 unspecified atom stereocenters. The Labute approximate surface area is 128 Å². The van der Waals surface area contributed by atoms with E-state index < -0.39 is 24.5 Å². The first kappa shape index (κ1) is 19.7. The molecule has 0 spiro atoms. The standard InChI is InChI=1S/C14H19F3N2O.ClH/c1-9(2)10-3-5-11(6-4-10)12(18)8-19-13(20)7-14(15,16)17;/h3-6,9,12H,7-8,18H2,1-2H3,(H,19,20);1H. The third-order valence-electron chi connectivity index (χ3n) is 2.91. The molecular formula is C14H20ClF3N2O. The second-order valence-corrected chi connectivity index (χ2v) is 5.02. The highest BCUT2D eigenvalue weighted by molar-refractivity contribution is 5.85. The van der Waals surface area contributed by atoms with Crippen LogP contribution in [0.15, 0.2) is 24.3 Å². The van der Waals surface area contributed by atoms with Crippen LogP contribution in [0.2, 0.25) is 0 Å². The number of hydrogen-bond acceptors (Lipinski definition) is 2. The summed E-state index contributed by atoms with van der Waals surface area (Å²) >= 11 is 0. The first-order valence-electron chi connectivity index (χ1n) is 6.38. The van der Waals surface area contributed by atoms with E-state index in [-0.39, 0.29) is 19.0 Å². The second kappa shape index (κ2) is 8.24. The van der Waals surface area contributed by atoms with Gasteiger partial charge in [-0.05, 0) is 17.0 Å². The Hall–Kier alpha value is -1.27. The van der Waals surface area contributed by atoms with Gasteiger partial charge in [-0.2, -0.15) is 13.2 Å². The highest BCUT2D eigenvalue weighted by atomic mass is 35.5. The van der Waals surface area contributed by atoms with Crippen LogP contribution in [0.25, 0.3) is 0 Å². The van der Waals surface area contributed by atoms with Gasteiger partial charge in [0.2, 0.25) is 5.91 Å². The second-order valence-electron chi connectivity index (χ2n) is 5.02. The largest absolute Gasteiger partial charge is 0.397 e. The smallest absolute Gasteiger partial charge is 0.354 e. The average molecular weight is 325 g/mol. The minimum absolute atomic E-state index is 0. The molecule has 3 N–H and O–H groups in total. The van der Waals surface area contributed by atoms with E-state index in [1.165, 1.54) is 0 Å². The summed E-state index contributed by atoms with van der Waals surface area (Å²) in [5.74, 6) is -0.668. The lowest BCUT2D eigenvalue weighted by Gasteiger charge is -2.15. The van der Waals surface area contributed by atoms with Gasteiger partial charge in [-0.15, -0.1) is 12.4 Å². The number of alkyl halides is 3. The third-order valence-corrected chi connectivity index (χ3v) is 2.91. The van der Waals surface area contributed by atoms with Crippen LogP contribution in [0.5, 0.6) is 0 Å². The van der Waals surface area contributed by atoms with Crippen molar-refractivity contribution in [3.8, 4) is 0 Å². The molecule has 0 radical (unpaired) electrons. The van der Waals surface area contributed by atoms with Gasteiger partial charge >= 0.3 is 6.18 Å². The number of nitrogens with one attached hydrogen (secondary N) is 1. The summed E-state index contributed by atoms with van der Waals surface area (Å²) in [6.45, 7) is 4.11. The Morgan fingerprint density at radius 1 is 1.19 bits per heavy atom. The SMILES string of the molecule is CC(C)c1ccc(C(N)CNC(=O)CC(F)(F)F)cc1.Cl. The molecule has 3 nitrogen and oxygen atoms in total. The summed E-state index contributed by atoms with van der Waals surface area (Å²) in [5.41, 5.74) is 7.77. The maximum atomic E-state index is 12.0. The fraction of sp³-hybridized carbons (Fsp3) is 0.500. The number of halogens is 4. The van der Waals surface area contributed by atoms with Crippen LogP contribution >= 0.6 is 12.4 Å². The van der Waals surface area contributed by atoms with Crippen LogP contribution in [0, 0.1) is 0 Å². The van der Waals surface area contributed by atoms with Crippen LogP contribution in [0.1, 0.15) is 43.4 Å². The lowest BCUT2D eigenvalue weighted by Crippen LogP contribution is -2.34. The van der Waals surface area contributed by atoms with Gasteiger partial charge < -0.3 is 11.1 Å². The lowest BCUT2D eigenvalue weighted by molar-refractivity contribution is -0.153. The van der Waals surface area contributed by atoms with Crippen molar-refractivity contribution in [2.45, 2.75) is 38.4 Å². The summed E-state index contributed by atoms with van der Waals surface area (Å²) in [6.07, 6.45) is -5.97. The minimum Gasteiger partial charge on any atom is -0.354 e. The number of carbonyl (C=O) groups excluding carboxylic acids is 1. The number of benzene rings is 1. The van der Waals surface area contributed by atoms with Crippen molar-refractivity contribution < 1.29 is 18.0 Å². The van der Waals surface area contributed by atoms with E-state index in [1.807, 2.05) is 24.3 Å². The van der Waals surface area contributed by atoms with E-state index in [2.05, 4.69) is 19.2 Å². The maximum Gasteiger partial charge on any atom is 0.397 e. The number of carbonyl (C=O) groups is 1. The van der Waals surface area contributed by atoms with E-state index in [0.717, 1.165) is 11.1 Å². The Bertz CT molecular complexity index is 447. The summed E-state index contributed by atoms with van der Waals surface area (Å²) in [5, 5.41) is 2.19. The van der Waals surface area contributed by atoms with E-state index in [4.69, 9.17) is 5.73 Å². The fourth-order valence-corrected chi connectivity index (χ4v) is 1.71. The molecular weight excluding hydrogens is 305 g/mol. The fourth-order valence-electron chi connectivity index (χ4n) is 1.71. The summed E-state index contributed by atoms with van der Waals surface area (Å²) in [7, 11) is 0. The maximum absolute atomic E-state index is 12.0. The monoisotopic (exact) mass is 324 g/mol. The van der Waals surface area contributed by atoms with Gasteiger partial charge in [0, 0.05) is 12.6 Å². The van der Waals surface area contributed by atoms with Crippen molar-refractivity contribution in [2.75, 3.05) is 6.54 Å². The molecule has 0 aromatic heterocycles. The summed E-state index contributed by atoms with van der Waals surface area (Å²) in [4.78, 5) is 11.1. The molecule has 1 rings (SSSR count). The number of hydrogen-bond donors (Lipinski definition) is 2. The molecule has 0 aliphatic heterocycles. The van der Waals surface area contributed by atoms with E-state index in [9.17, 15) is 18.0 Å². The van der Waals surface area contributed by atoms with Gasteiger partial charge in [0.1, 0.15) is 6.42 Å². The molecule has 1 aromatic rings. The Kier molecular flexibility index (Phi) is 7.74. The summed E-state index contributed by atoms with van der Waals surface area (Å²) < 4.78 is 35.9. The summed E-state index contributed by atoms with van der Waals surface area (Å²) in [6, 6.07) is 6.99. The van der Waals surface area contributed by atoms with Gasteiger partial charge in [-0.25, -0.2) is 0 Å². The van der Waals surface area contributed by atoms with E-state index >= 15 is 0 Å². The zero-order chi connectivity index (χ0) is 15.3.